The largest absolute Gasteiger partial charge is 0.393 e. The van der Waals surface area contributed by atoms with Gasteiger partial charge in [0.2, 0.25) is 0 Å². The maximum Gasteiger partial charge on any atom is 0.0545 e. The number of allylic oxidation sites excluding steroid dienone is 2. The van der Waals surface area contributed by atoms with Crippen molar-refractivity contribution in [1.29, 1.82) is 0 Å². The van der Waals surface area contributed by atoms with E-state index in [4.69, 9.17) is 0 Å². The molecule has 0 rings (SSSR count). The molecule has 1 unspecified atom stereocenters. The molecule has 0 saturated carbocycles. The second-order valence-electron chi connectivity index (χ2n) is 3.43. The fraction of sp³-hybridized carbons (Fsp3) is 0.800. The molecule has 1 atom stereocenters. The molecule has 0 amide bonds. The monoisotopic (exact) mass is 156 g/mol. The third-order valence-corrected chi connectivity index (χ3v) is 1.65. The highest BCUT2D eigenvalue weighted by Crippen LogP contribution is 2.09. The molecule has 0 aliphatic heterocycles. The van der Waals surface area contributed by atoms with Crippen LogP contribution in [0, 0.1) is 5.92 Å². The Kier molecular flexibility index (Phi) is 6.24. The molecular weight excluding hydrogens is 136 g/mol. The lowest BCUT2D eigenvalue weighted by Gasteiger charge is -2.10. The van der Waals surface area contributed by atoms with Crippen LogP contribution in [0.4, 0.5) is 0 Å². The van der Waals surface area contributed by atoms with Gasteiger partial charge < -0.3 is 5.11 Å². The summed E-state index contributed by atoms with van der Waals surface area (Å²) in [6, 6.07) is 0. The zero-order valence-corrected chi connectivity index (χ0v) is 7.88. The summed E-state index contributed by atoms with van der Waals surface area (Å²) in [6.07, 6.45) is 6.86. The number of aliphatic hydroxyl groups is 1. The van der Waals surface area contributed by atoms with Gasteiger partial charge in [0.15, 0.2) is 0 Å². The highest BCUT2D eigenvalue weighted by atomic mass is 16.3. The first kappa shape index (κ1) is 10.7. The Labute approximate surface area is 70.1 Å². The van der Waals surface area contributed by atoms with Crippen LogP contribution in [0.15, 0.2) is 12.2 Å². The summed E-state index contributed by atoms with van der Waals surface area (Å²) in [4.78, 5) is 0. The molecule has 0 spiro atoms. The minimum absolute atomic E-state index is 0.105. The molecular formula is C10H20O. The van der Waals surface area contributed by atoms with Crippen LogP contribution in [0.2, 0.25) is 0 Å². The highest BCUT2D eigenvalue weighted by molar-refractivity contribution is 4.77. The number of hydrogen-bond acceptors (Lipinski definition) is 1. The van der Waals surface area contributed by atoms with Gasteiger partial charge in [-0.1, -0.05) is 26.0 Å². The smallest absolute Gasteiger partial charge is 0.0545 e. The van der Waals surface area contributed by atoms with E-state index < -0.39 is 0 Å². The molecule has 0 bridgehead atoms. The van der Waals surface area contributed by atoms with Crippen molar-refractivity contribution < 1.29 is 5.11 Å². The van der Waals surface area contributed by atoms with Crippen molar-refractivity contribution in [3.8, 4) is 0 Å². The van der Waals surface area contributed by atoms with Crippen LogP contribution in [0.3, 0.4) is 0 Å². The third-order valence-electron chi connectivity index (χ3n) is 1.65. The van der Waals surface area contributed by atoms with E-state index in [1.165, 1.54) is 0 Å². The third kappa shape index (κ3) is 7.60. The minimum atomic E-state index is -0.105. The molecule has 0 aromatic rings. The summed E-state index contributed by atoms with van der Waals surface area (Å²) < 4.78 is 0. The summed E-state index contributed by atoms with van der Waals surface area (Å²) in [6.45, 7) is 6.28. The fourth-order valence-electron chi connectivity index (χ4n) is 1.12. The van der Waals surface area contributed by atoms with Crippen molar-refractivity contribution in [2.75, 3.05) is 0 Å². The molecule has 0 aliphatic carbocycles. The average Bonchev–Trinajstić information content (AvgIpc) is 1.86. The van der Waals surface area contributed by atoms with Crippen molar-refractivity contribution in [1.82, 2.24) is 0 Å². The lowest BCUT2D eigenvalue weighted by Crippen LogP contribution is -2.09. The van der Waals surface area contributed by atoms with E-state index in [1.54, 1.807) is 0 Å². The van der Waals surface area contributed by atoms with Crippen LogP contribution in [-0.4, -0.2) is 11.2 Å². The molecule has 0 heterocycles. The average molecular weight is 156 g/mol. The maximum absolute atomic E-state index is 9.41. The van der Waals surface area contributed by atoms with E-state index in [0.717, 1.165) is 19.3 Å². The summed E-state index contributed by atoms with van der Waals surface area (Å²) in [5.41, 5.74) is 0. The lowest BCUT2D eigenvalue weighted by molar-refractivity contribution is 0.140. The van der Waals surface area contributed by atoms with Gasteiger partial charge in [-0.15, -0.1) is 0 Å². The van der Waals surface area contributed by atoms with Crippen molar-refractivity contribution >= 4 is 0 Å². The van der Waals surface area contributed by atoms with E-state index in [9.17, 15) is 5.11 Å². The van der Waals surface area contributed by atoms with Gasteiger partial charge in [-0.3, -0.25) is 0 Å². The van der Waals surface area contributed by atoms with Gasteiger partial charge in [0.1, 0.15) is 0 Å². The first-order chi connectivity index (χ1) is 5.16. The minimum Gasteiger partial charge on any atom is -0.393 e. The Bertz CT molecular complexity index is 105. The Balaban J connectivity index is 3.29. The predicted octanol–water partition coefficient (Wildman–Crippen LogP) is 2.75. The molecule has 0 aliphatic rings. The van der Waals surface area contributed by atoms with E-state index in [2.05, 4.69) is 19.9 Å². The molecule has 0 fully saturated rings. The van der Waals surface area contributed by atoms with Gasteiger partial charge in [0.05, 0.1) is 6.10 Å². The lowest BCUT2D eigenvalue weighted by atomic mass is 10.0. The van der Waals surface area contributed by atoms with Crippen LogP contribution in [0.1, 0.15) is 40.0 Å². The number of hydrogen-bond donors (Lipinski definition) is 1. The molecule has 66 valence electrons. The second kappa shape index (κ2) is 6.41. The van der Waals surface area contributed by atoms with Crippen molar-refractivity contribution in [2.45, 2.75) is 46.1 Å². The van der Waals surface area contributed by atoms with Gasteiger partial charge in [-0.05, 0) is 32.1 Å². The quantitative estimate of drug-likeness (QED) is 0.607. The predicted molar refractivity (Wildman–Crippen MR) is 49.5 cm³/mol. The van der Waals surface area contributed by atoms with Crippen LogP contribution < -0.4 is 0 Å². The normalized spacial score (nSPS) is 14.6. The van der Waals surface area contributed by atoms with E-state index in [1.807, 2.05) is 13.0 Å². The Morgan fingerprint density at radius 3 is 2.45 bits per heavy atom. The summed E-state index contributed by atoms with van der Waals surface area (Å²) in [7, 11) is 0. The zero-order chi connectivity index (χ0) is 8.69. The van der Waals surface area contributed by atoms with Gasteiger partial charge in [-0.25, -0.2) is 0 Å². The van der Waals surface area contributed by atoms with Gasteiger partial charge in [0, 0.05) is 0 Å². The first-order valence-corrected chi connectivity index (χ1v) is 4.46. The Hall–Kier alpha value is -0.300. The number of rotatable bonds is 5. The summed E-state index contributed by atoms with van der Waals surface area (Å²) >= 11 is 0. The van der Waals surface area contributed by atoms with Crippen molar-refractivity contribution in [3.05, 3.63) is 12.2 Å². The van der Waals surface area contributed by atoms with Gasteiger partial charge in [-0.2, -0.15) is 0 Å². The molecule has 1 heteroatoms. The number of aliphatic hydroxyl groups excluding tert-OH is 1. The van der Waals surface area contributed by atoms with Gasteiger partial charge >= 0.3 is 0 Å². The van der Waals surface area contributed by atoms with Crippen molar-refractivity contribution in [2.24, 2.45) is 5.92 Å². The molecule has 0 aromatic heterocycles. The van der Waals surface area contributed by atoms with Crippen LogP contribution in [0.25, 0.3) is 0 Å². The van der Waals surface area contributed by atoms with E-state index in [-0.39, 0.29) is 6.10 Å². The molecule has 0 aromatic carbocycles. The van der Waals surface area contributed by atoms with Crippen molar-refractivity contribution in [3.63, 3.8) is 0 Å². The van der Waals surface area contributed by atoms with Crippen LogP contribution in [-0.2, 0) is 0 Å². The Morgan fingerprint density at radius 2 is 2.00 bits per heavy atom. The second-order valence-corrected chi connectivity index (χ2v) is 3.43. The molecule has 1 nitrogen and oxygen atoms in total. The highest BCUT2D eigenvalue weighted by Gasteiger charge is 2.04. The molecule has 1 N–H and O–H groups in total. The van der Waals surface area contributed by atoms with Crippen LogP contribution >= 0.6 is 0 Å². The zero-order valence-electron chi connectivity index (χ0n) is 7.88. The Morgan fingerprint density at radius 1 is 1.36 bits per heavy atom. The van der Waals surface area contributed by atoms with Crippen LogP contribution in [0.5, 0.6) is 0 Å². The summed E-state index contributed by atoms with van der Waals surface area (Å²) in [5.74, 6) is 0.607. The van der Waals surface area contributed by atoms with Gasteiger partial charge in [0.25, 0.3) is 0 Å². The van der Waals surface area contributed by atoms with E-state index in [0.29, 0.717) is 5.92 Å². The fourth-order valence-corrected chi connectivity index (χ4v) is 1.12. The molecule has 0 radical (unpaired) electrons. The summed E-state index contributed by atoms with van der Waals surface area (Å²) in [5, 5.41) is 9.41. The maximum atomic E-state index is 9.41. The topological polar surface area (TPSA) is 20.2 Å². The first-order valence-electron chi connectivity index (χ1n) is 4.46. The SMILES string of the molecule is C/C=C\CCC(O)CC(C)C. The van der Waals surface area contributed by atoms with E-state index >= 15 is 0 Å². The molecule has 0 saturated heterocycles. The standard InChI is InChI=1S/C10H20O/c1-4-5-6-7-10(11)8-9(2)3/h4-5,9-11H,6-8H2,1-3H3/b5-4-. The molecule has 11 heavy (non-hydrogen) atoms.